The van der Waals surface area contributed by atoms with Gasteiger partial charge in [0.2, 0.25) is 5.76 Å². The molecule has 100 valence electrons. The van der Waals surface area contributed by atoms with Crippen molar-refractivity contribution in [2.24, 2.45) is 0 Å². The summed E-state index contributed by atoms with van der Waals surface area (Å²) in [5.74, 6) is -1.36. The van der Waals surface area contributed by atoms with Gasteiger partial charge in [-0.25, -0.2) is 4.79 Å². The highest BCUT2D eigenvalue weighted by atomic mass is 16.5. The molecule has 5 heteroatoms. The number of carboxylic acids is 1. The van der Waals surface area contributed by atoms with Gasteiger partial charge < -0.3 is 14.7 Å². The number of nitrogens with zero attached hydrogens (tertiary/aromatic N) is 1. The van der Waals surface area contributed by atoms with E-state index < -0.39 is 11.4 Å². The van der Waals surface area contributed by atoms with Gasteiger partial charge in [0.1, 0.15) is 5.69 Å². The van der Waals surface area contributed by atoms with E-state index in [9.17, 15) is 9.90 Å². The van der Waals surface area contributed by atoms with Crippen LogP contribution in [0.4, 0.5) is 0 Å². The first-order valence-electron chi connectivity index (χ1n) is 5.86. The summed E-state index contributed by atoms with van der Waals surface area (Å²) in [5.41, 5.74) is 1.66. The smallest absolute Gasteiger partial charge is 0.374 e. The van der Waals surface area contributed by atoms with E-state index in [0.29, 0.717) is 5.69 Å². The van der Waals surface area contributed by atoms with Crippen LogP contribution in [-0.4, -0.2) is 27.9 Å². The first-order chi connectivity index (χ1) is 8.95. The predicted molar refractivity (Wildman–Crippen MR) is 69.0 cm³/mol. The third-order valence-electron chi connectivity index (χ3n) is 3.05. The Bertz CT molecular complexity index is 601. The van der Waals surface area contributed by atoms with Crippen LogP contribution in [0.2, 0.25) is 0 Å². The van der Waals surface area contributed by atoms with Crippen LogP contribution in [0.15, 0.2) is 34.9 Å². The Kier molecular flexibility index (Phi) is 3.40. The van der Waals surface area contributed by atoms with Crippen molar-refractivity contribution in [1.82, 2.24) is 5.16 Å². The molecule has 0 saturated carbocycles. The Morgan fingerprint density at radius 1 is 1.37 bits per heavy atom. The Morgan fingerprint density at radius 3 is 2.63 bits per heavy atom. The maximum Gasteiger partial charge on any atom is 0.374 e. The van der Waals surface area contributed by atoms with Gasteiger partial charge in [0.05, 0.1) is 6.61 Å². The standard InChI is InChI=1S/C14H15NO4/c1-14(2,8-16)10-6-4-3-5-9(10)11-7-12(13(17)18)19-15-11/h3-7,16H,8H2,1-2H3,(H,17,18). The minimum Gasteiger partial charge on any atom is -0.475 e. The monoisotopic (exact) mass is 261 g/mol. The van der Waals surface area contributed by atoms with Gasteiger partial charge in [0.25, 0.3) is 0 Å². The van der Waals surface area contributed by atoms with Gasteiger partial charge in [-0.15, -0.1) is 0 Å². The number of carbonyl (C=O) groups is 1. The van der Waals surface area contributed by atoms with E-state index in [1.165, 1.54) is 6.07 Å². The molecule has 5 nitrogen and oxygen atoms in total. The maximum absolute atomic E-state index is 10.8. The molecule has 1 aromatic carbocycles. The zero-order valence-corrected chi connectivity index (χ0v) is 10.8. The Balaban J connectivity index is 2.53. The van der Waals surface area contributed by atoms with Crippen molar-refractivity contribution in [3.8, 4) is 11.3 Å². The Hall–Kier alpha value is -2.14. The van der Waals surface area contributed by atoms with E-state index in [2.05, 4.69) is 5.16 Å². The van der Waals surface area contributed by atoms with Gasteiger partial charge in [0.15, 0.2) is 0 Å². The van der Waals surface area contributed by atoms with Crippen LogP contribution < -0.4 is 0 Å². The second-order valence-electron chi connectivity index (χ2n) is 4.97. The normalized spacial score (nSPS) is 11.5. The van der Waals surface area contributed by atoms with Crippen molar-refractivity contribution in [3.63, 3.8) is 0 Å². The second kappa shape index (κ2) is 4.85. The van der Waals surface area contributed by atoms with Crippen LogP contribution in [0, 0.1) is 0 Å². The van der Waals surface area contributed by atoms with Gasteiger partial charge in [-0.1, -0.05) is 43.3 Å². The average molecular weight is 261 g/mol. The summed E-state index contributed by atoms with van der Waals surface area (Å²) in [6.45, 7) is 3.79. The molecule has 1 aromatic heterocycles. The lowest BCUT2D eigenvalue weighted by atomic mass is 9.82. The fourth-order valence-electron chi connectivity index (χ4n) is 1.88. The highest BCUT2D eigenvalue weighted by Crippen LogP contribution is 2.32. The van der Waals surface area contributed by atoms with Gasteiger partial charge in [-0.3, -0.25) is 0 Å². The number of rotatable bonds is 4. The van der Waals surface area contributed by atoms with Crippen molar-refractivity contribution < 1.29 is 19.5 Å². The van der Waals surface area contributed by atoms with Crippen molar-refractivity contribution >= 4 is 5.97 Å². The largest absolute Gasteiger partial charge is 0.475 e. The fourth-order valence-corrected chi connectivity index (χ4v) is 1.88. The molecule has 0 fully saturated rings. The molecule has 0 radical (unpaired) electrons. The molecular formula is C14H15NO4. The quantitative estimate of drug-likeness (QED) is 0.882. The molecule has 2 rings (SSSR count). The van der Waals surface area contributed by atoms with E-state index in [0.717, 1.165) is 11.1 Å². The molecular weight excluding hydrogens is 246 g/mol. The molecule has 0 aliphatic carbocycles. The zero-order valence-electron chi connectivity index (χ0n) is 10.8. The van der Waals surface area contributed by atoms with Crippen molar-refractivity contribution in [2.45, 2.75) is 19.3 Å². The molecule has 0 bridgehead atoms. The highest BCUT2D eigenvalue weighted by Gasteiger charge is 2.24. The number of carboxylic acid groups (broad SMARTS) is 1. The summed E-state index contributed by atoms with van der Waals surface area (Å²) in [6.07, 6.45) is 0. The van der Waals surface area contributed by atoms with Crippen LogP contribution in [0.1, 0.15) is 30.0 Å². The average Bonchev–Trinajstić information content (AvgIpc) is 2.88. The lowest BCUT2D eigenvalue weighted by Gasteiger charge is -2.24. The molecule has 19 heavy (non-hydrogen) atoms. The molecule has 1 heterocycles. The van der Waals surface area contributed by atoms with E-state index in [4.69, 9.17) is 9.63 Å². The van der Waals surface area contributed by atoms with E-state index >= 15 is 0 Å². The number of aromatic nitrogens is 1. The summed E-state index contributed by atoms with van der Waals surface area (Å²) in [6, 6.07) is 8.81. The lowest BCUT2D eigenvalue weighted by molar-refractivity contribution is 0.0652. The first kappa shape index (κ1) is 13.3. The number of hydrogen-bond donors (Lipinski definition) is 2. The molecule has 0 unspecified atom stereocenters. The number of aliphatic hydroxyl groups is 1. The van der Waals surface area contributed by atoms with Crippen molar-refractivity contribution in [2.75, 3.05) is 6.61 Å². The molecule has 0 aliphatic rings. The molecule has 0 spiro atoms. The van der Waals surface area contributed by atoms with Gasteiger partial charge in [0, 0.05) is 17.0 Å². The summed E-state index contributed by atoms with van der Waals surface area (Å²) >= 11 is 0. The SMILES string of the molecule is CC(C)(CO)c1ccccc1-c1cc(C(=O)O)on1. The van der Waals surface area contributed by atoms with Crippen LogP contribution in [-0.2, 0) is 5.41 Å². The molecule has 0 amide bonds. The topological polar surface area (TPSA) is 83.6 Å². The van der Waals surface area contributed by atoms with Crippen LogP contribution in [0.25, 0.3) is 11.3 Å². The number of aromatic carboxylic acids is 1. The third-order valence-corrected chi connectivity index (χ3v) is 3.05. The lowest BCUT2D eigenvalue weighted by Crippen LogP contribution is -2.22. The first-order valence-corrected chi connectivity index (χ1v) is 5.86. The minimum atomic E-state index is -1.15. The molecule has 0 aliphatic heterocycles. The second-order valence-corrected chi connectivity index (χ2v) is 4.97. The zero-order chi connectivity index (χ0) is 14.0. The van der Waals surface area contributed by atoms with Gasteiger partial charge in [-0.05, 0) is 5.56 Å². The van der Waals surface area contributed by atoms with Crippen molar-refractivity contribution in [3.05, 3.63) is 41.7 Å². The molecule has 0 saturated heterocycles. The van der Waals surface area contributed by atoms with Crippen LogP contribution >= 0.6 is 0 Å². The number of aliphatic hydroxyl groups excluding tert-OH is 1. The van der Waals surface area contributed by atoms with E-state index in [-0.39, 0.29) is 12.4 Å². The summed E-state index contributed by atoms with van der Waals surface area (Å²) < 4.78 is 4.77. The molecule has 2 aromatic rings. The predicted octanol–water partition coefficient (Wildman–Crippen LogP) is 2.31. The fraction of sp³-hybridized carbons (Fsp3) is 0.286. The maximum atomic E-state index is 10.8. The number of hydrogen-bond acceptors (Lipinski definition) is 4. The highest BCUT2D eigenvalue weighted by molar-refractivity contribution is 5.86. The number of benzene rings is 1. The van der Waals surface area contributed by atoms with Crippen LogP contribution in [0.3, 0.4) is 0 Å². The Morgan fingerprint density at radius 2 is 2.05 bits per heavy atom. The summed E-state index contributed by atoms with van der Waals surface area (Å²) in [7, 11) is 0. The summed E-state index contributed by atoms with van der Waals surface area (Å²) in [4.78, 5) is 10.8. The Labute approximate surface area is 110 Å². The molecule has 0 atom stereocenters. The van der Waals surface area contributed by atoms with Crippen molar-refractivity contribution in [1.29, 1.82) is 0 Å². The van der Waals surface area contributed by atoms with E-state index in [1.807, 2.05) is 38.1 Å². The van der Waals surface area contributed by atoms with Gasteiger partial charge in [-0.2, -0.15) is 0 Å². The van der Waals surface area contributed by atoms with Gasteiger partial charge >= 0.3 is 5.97 Å². The molecule has 2 N–H and O–H groups in total. The minimum absolute atomic E-state index is 0.0202. The third kappa shape index (κ3) is 2.51. The van der Waals surface area contributed by atoms with Crippen LogP contribution in [0.5, 0.6) is 0 Å². The summed E-state index contributed by atoms with van der Waals surface area (Å²) in [5, 5.41) is 22.1. The van der Waals surface area contributed by atoms with E-state index in [1.54, 1.807) is 0 Å².